The van der Waals surface area contributed by atoms with Crippen LogP contribution in [-0.4, -0.2) is 31.5 Å². The molecule has 1 aliphatic carbocycles. The van der Waals surface area contributed by atoms with Crippen LogP contribution in [-0.2, 0) is 22.4 Å². The zero-order valence-electron chi connectivity index (χ0n) is 11.9. The van der Waals surface area contributed by atoms with Gasteiger partial charge in [0.15, 0.2) is 0 Å². The lowest BCUT2D eigenvalue weighted by molar-refractivity contribution is 0.0977. The maximum atomic E-state index is 6.21. The Hall–Kier alpha value is -0.840. The predicted octanol–water partition coefficient (Wildman–Crippen LogP) is 2.27. The molecule has 2 N–H and O–H groups in total. The zero-order valence-corrected chi connectivity index (χ0v) is 11.9. The Morgan fingerprint density at radius 1 is 1.26 bits per heavy atom. The fourth-order valence-corrected chi connectivity index (χ4v) is 2.66. The molecule has 19 heavy (non-hydrogen) atoms. The molecule has 0 saturated carbocycles. The molecule has 1 unspecified atom stereocenters. The third-order valence-electron chi connectivity index (χ3n) is 3.74. The van der Waals surface area contributed by atoms with Crippen LogP contribution in [0.3, 0.4) is 0 Å². The molecule has 0 aliphatic heterocycles. The van der Waals surface area contributed by atoms with Gasteiger partial charge in [-0.1, -0.05) is 6.42 Å². The number of rotatable bonds is 7. The minimum Gasteiger partial charge on any atom is -0.385 e. The van der Waals surface area contributed by atoms with Crippen molar-refractivity contribution in [2.24, 2.45) is 5.73 Å². The largest absolute Gasteiger partial charge is 0.385 e. The van der Waals surface area contributed by atoms with Crippen LogP contribution in [0.15, 0.2) is 12.4 Å². The summed E-state index contributed by atoms with van der Waals surface area (Å²) >= 11 is 0. The van der Waals surface area contributed by atoms with E-state index in [1.54, 1.807) is 7.11 Å². The maximum absolute atomic E-state index is 6.21. The Kier molecular flexibility index (Phi) is 5.89. The van der Waals surface area contributed by atoms with Gasteiger partial charge in [-0.15, -0.1) is 0 Å². The van der Waals surface area contributed by atoms with Crippen LogP contribution < -0.4 is 5.73 Å². The minimum atomic E-state index is 0.223. The third-order valence-corrected chi connectivity index (χ3v) is 3.74. The maximum Gasteiger partial charge on any atom is 0.0645 e. The van der Waals surface area contributed by atoms with Crippen LogP contribution in [0.5, 0.6) is 0 Å². The normalized spacial score (nSPS) is 19.2. The first-order chi connectivity index (χ1) is 9.31. The van der Waals surface area contributed by atoms with Crippen molar-refractivity contribution in [3.05, 3.63) is 23.5 Å². The number of hydrogen-bond donors (Lipinski definition) is 1. The van der Waals surface area contributed by atoms with Crippen LogP contribution in [0.25, 0.3) is 0 Å². The van der Waals surface area contributed by atoms with Crippen LogP contribution in [0.2, 0.25) is 0 Å². The van der Waals surface area contributed by atoms with Gasteiger partial charge in [-0.2, -0.15) is 0 Å². The summed E-state index contributed by atoms with van der Waals surface area (Å²) in [6.45, 7) is 3.21. The van der Waals surface area contributed by atoms with Crippen molar-refractivity contribution in [2.45, 2.75) is 44.7 Å². The molecule has 0 amide bonds. The van der Waals surface area contributed by atoms with E-state index in [0.29, 0.717) is 0 Å². The summed E-state index contributed by atoms with van der Waals surface area (Å²) in [5, 5.41) is 0. The van der Waals surface area contributed by atoms with Gasteiger partial charge < -0.3 is 19.8 Å². The lowest BCUT2D eigenvalue weighted by Crippen LogP contribution is -2.09. The van der Waals surface area contributed by atoms with Crippen molar-refractivity contribution in [1.29, 1.82) is 0 Å². The molecule has 0 aromatic carbocycles. The summed E-state index contributed by atoms with van der Waals surface area (Å²) in [6, 6.07) is 0.223. The second-order valence-corrected chi connectivity index (χ2v) is 5.29. The summed E-state index contributed by atoms with van der Waals surface area (Å²) in [7, 11) is 1.72. The van der Waals surface area contributed by atoms with Gasteiger partial charge in [-0.3, -0.25) is 0 Å². The minimum absolute atomic E-state index is 0.223. The first kappa shape index (κ1) is 14.6. The quantitative estimate of drug-likeness (QED) is 0.608. The fourth-order valence-electron chi connectivity index (χ4n) is 2.66. The molecule has 2 rings (SSSR count). The van der Waals surface area contributed by atoms with E-state index in [2.05, 4.69) is 17.0 Å². The number of methoxy groups -OCH3 is 1. The molecule has 1 atom stereocenters. The number of aryl methyl sites for hydroxylation is 1. The summed E-state index contributed by atoms with van der Waals surface area (Å²) in [5.74, 6) is 0. The first-order valence-electron chi connectivity index (χ1n) is 7.32. The summed E-state index contributed by atoms with van der Waals surface area (Å²) in [5.41, 5.74) is 8.99. The highest BCUT2D eigenvalue weighted by Crippen LogP contribution is 2.27. The van der Waals surface area contributed by atoms with Crippen molar-refractivity contribution in [2.75, 3.05) is 26.9 Å². The van der Waals surface area contributed by atoms with E-state index in [0.717, 1.165) is 39.2 Å². The molecular formula is C15H26N2O2. The number of ether oxygens (including phenoxy) is 2. The van der Waals surface area contributed by atoms with E-state index in [9.17, 15) is 0 Å². The Morgan fingerprint density at radius 3 is 3.00 bits per heavy atom. The van der Waals surface area contributed by atoms with E-state index in [1.165, 1.54) is 30.4 Å². The fraction of sp³-hybridized carbons (Fsp3) is 0.733. The van der Waals surface area contributed by atoms with E-state index in [4.69, 9.17) is 15.2 Å². The van der Waals surface area contributed by atoms with Crippen molar-refractivity contribution >= 4 is 0 Å². The molecule has 1 aromatic rings. The molecule has 108 valence electrons. The molecule has 1 aliphatic rings. The lowest BCUT2D eigenvalue weighted by Gasteiger charge is -2.08. The summed E-state index contributed by atoms with van der Waals surface area (Å²) < 4.78 is 12.8. The topological polar surface area (TPSA) is 49.4 Å². The number of fused-ring (bicyclic) bond motifs is 1. The number of aromatic nitrogens is 1. The number of hydrogen-bond acceptors (Lipinski definition) is 3. The monoisotopic (exact) mass is 266 g/mol. The average Bonchev–Trinajstić information content (AvgIpc) is 2.74. The molecular weight excluding hydrogens is 240 g/mol. The van der Waals surface area contributed by atoms with Crippen molar-refractivity contribution in [1.82, 2.24) is 4.57 Å². The van der Waals surface area contributed by atoms with E-state index in [1.807, 2.05) is 0 Å². The van der Waals surface area contributed by atoms with E-state index < -0.39 is 0 Å². The molecule has 1 heterocycles. The molecule has 1 aromatic heterocycles. The van der Waals surface area contributed by atoms with Gasteiger partial charge in [-0.25, -0.2) is 0 Å². The van der Waals surface area contributed by atoms with Crippen molar-refractivity contribution < 1.29 is 9.47 Å². The van der Waals surface area contributed by atoms with Crippen molar-refractivity contribution in [3.8, 4) is 0 Å². The molecule has 0 fully saturated rings. The Morgan fingerprint density at radius 2 is 2.16 bits per heavy atom. The van der Waals surface area contributed by atoms with E-state index >= 15 is 0 Å². The lowest BCUT2D eigenvalue weighted by atomic mass is 10.1. The van der Waals surface area contributed by atoms with Crippen LogP contribution >= 0.6 is 0 Å². The second-order valence-electron chi connectivity index (χ2n) is 5.29. The SMILES string of the molecule is COCCCOCCn1cc2c(c1)C(N)CCCC2. The highest BCUT2D eigenvalue weighted by molar-refractivity contribution is 5.28. The average molecular weight is 266 g/mol. The molecule has 0 bridgehead atoms. The van der Waals surface area contributed by atoms with Gasteiger partial charge in [0.2, 0.25) is 0 Å². The van der Waals surface area contributed by atoms with Gasteiger partial charge in [0.05, 0.1) is 6.61 Å². The summed E-state index contributed by atoms with van der Waals surface area (Å²) in [4.78, 5) is 0. The Labute approximate surface area is 115 Å². The Bertz CT molecular complexity index is 376. The summed E-state index contributed by atoms with van der Waals surface area (Å²) in [6.07, 6.45) is 10.2. The molecule has 0 saturated heterocycles. The first-order valence-corrected chi connectivity index (χ1v) is 7.32. The van der Waals surface area contributed by atoms with Gasteiger partial charge in [0.1, 0.15) is 0 Å². The number of nitrogens with two attached hydrogens (primary N) is 1. The van der Waals surface area contributed by atoms with Gasteiger partial charge in [0.25, 0.3) is 0 Å². The molecule has 0 spiro atoms. The smallest absolute Gasteiger partial charge is 0.0645 e. The van der Waals surface area contributed by atoms with Crippen LogP contribution in [0.4, 0.5) is 0 Å². The molecule has 0 radical (unpaired) electrons. The number of nitrogens with zero attached hydrogens (tertiary/aromatic N) is 1. The van der Waals surface area contributed by atoms with Gasteiger partial charge >= 0.3 is 0 Å². The molecule has 4 nitrogen and oxygen atoms in total. The van der Waals surface area contributed by atoms with Crippen molar-refractivity contribution in [3.63, 3.8) is 0 Å². The highest BCUT2D eigenvalue weighted by Gasteiger charge is 2.16. The standard InChI is InChI=1S/C15H26N2O2/c1-18-8-4-9-19-10-7-17-11-13-5-2-3-6-15(16)14(13)12-17/h11-12,15H,2-10,16H2,1H3. The van der Waals surface area contributed by atoms with Crippen LogP contribution in [0.1, 0.15) is 42.9 Å². The molecule has 4 heteroatoms. The third kappa shape index (κ3) is 4.34. The Balaban J connectivity index is 1.77. The zero-order chi connectivity index (χ0) is 13.5. The predicted molar refractivity (Wildman–Crippen MR) is 76.2 cm³/mol. The van der Waals surface area contributed by atoms with Gasteiger partial charge in [0, 0.05) is 45.3 Å². The van der Waals surface area contributed by atoms with Crippen LogP contribution in [0, 0.1) is 0 Å². The van der Waals surface area contributed by atoms with E-state index in [-0.39, 0.29) is 6.04 Å². The highest BCUT2D eigenvalue weighted by atomic mass is 16.5. The second kappa shape index (κ2) is 7.68. The van der Waals surface area contributed by atoms with Gasteiger partial charge in [-0.05, 0) is 36.8 Å².